The maximum atomic E-state index is 12.3. The Hall–Kier alpha value is -4.66. The minimum atomic E-state index is -0.918. The second-order valence-electron chi connectivity index (χ2n) is 7.54. The molecular formula is C27H28N4O5. The van der Waals surface area contributed by atoms with E-state index in [2.05, 4.69) is 21.2 Å². The molecule has 0 fully saturated rings. The lowest BCUT2D eigenvalue weighted by atomic mass is 10.1. The van der Waals surface area contributed by atoms with Gasteiger partial charge >= 0.3 is 11.8 Å². The van der Waals surface area contributed by atoms with Crippen LogP contribution in [0, 0.1) is 0 Å². The summed E-state index contributed by atoms with van der Waals surface area (Å²) in [6, 6.07) is 21.1. The van der Waals surface area contributed by atoms with E-state index in [9.17, 15) is 14.4 Å². The minimum absolute atomic E-state index is 0.232. The van der Waals surface area contributed by atoms with E-state index in [0.717, 1.165) is 17.7 Å². The number of nitrogens with one attached hydrogen (secondary N) is 3. The Morgan fingerprint density at radius 1 is 0.806 bits per heavy atom. The number of benzene rings is 3. The van der Waals surface area contributed by atoms with Crippen LogP contribution in [0.15, 0.2) is 77.9 Å². The van der Waals surface area contributed by atoms with E-state index in [-0.39, 0.29) is 12.5 Å². The number of carbonyl (C=O) groups is 3. The largest absolute Gasteiger partial charge is 0.494 e. The molecule has 36 heavy (non-hydrogen) atoms. The van der Waals surface area contributed by atoms with Gasteiger partial charge in [0.1, 0.15) is 11.5 Å². The number of hydrazone groups is 1. The first-order valence-corrected chi connectivity index (χ1v) is 11.5. The van der Waals surface area contributed by atoms with Crippen LogP contribution in [0.25, 0.3) is 0 Å². The van der Waals surface area contributed by atoms with Crippen LogP contribution in [0.4, 0.5) is 11.4 Å². The predicted octanol–water partition coefficient (Wildman–Crippen LogP) is 3.75. The average molecular weight is 489 g/mol. The maximum absolute atomic E-state index is 12.3. The van der Waals surface area contributed by atoms with Crippen LogP contribution in [0.1, 0.15) is 25.0 Å². The zero-order chi connectivity index (χ0) is 25.8. The van der Waals surface area contributed by atoms with Crippen molar-refractivity contribution in [3.05, 3.63) is 83.9 Å². The highest BCUT2D eigenvalue weighted by atomic mass is 16.5. The van der Waals surface area contributed by atoms with Crippen molar-refractivity contribution in [2.24, 2.45) is 5.10 Å². The molecule has 3 rings (SSSR count). The van der Waals surface area contributed by atoms with Gasteiger partial charge in [0.25, 0.3) is 5.91 Å². The third-order valence-electron chi connectivity index (χ3n) is 4.92. The number of amides is 3. The summed E-state index contributed by atoms with van der Waals surface area (Å²) < 4.78 is 11.0. The quantitative estimate of drug-likeness (QED) is 0.228. The summed E-state index contributed by atoms with van der Waals surface area (Å²) in [6.07, 6.45) is 2.21. The molecule has 0 aliphatic carbocycles. The van der Waals surface area contributed by atoms with Crippen LogP contribution in [-0.4, -0.2) is 37.1 Å². The standard InChI is InChI=1S/C27H28N4O5/c1-3-19-9-11-22(12-10-19)30-26(33)27(34)31-28-17-20-7-5-6-8-24(20)36-18-25(32)29-21-13-15-23(16-14-21)35-4-2/h5-17H,3-4,18H2,1-2H3,(H,29,32)(H,30,33)(H,31,34)/b28-17-. The zero-order valence-corrected chi connectivity index (χ0v) is 20.1. The molecule has 3 amide bonds. The van der Waals surface area contributed by atoms with Gasteiger partial charge in [-0.25, -0.2) is 5.43 Å². The van der Waals surface area contributed by atoms with E-state index in [0.29, 0.717) is 29.3 Å². The van der Waals surface area contributed by atoms with Crippen molar-refractivity contribution in [2.45, 2.75) is 20.3 Å². The summed E-state index contributed by atoms with van der Waals surface area (Å²) in [7, 11) is 0. The summed E-state index contributed by atoms with van der Waals surface area (Å²) >= 11 is 0. The second-order valence-corrected chi connectivity index (χ2v) is 7.54. The van der Waals surface area contributed by atoms with Gasteiger partial charge in [0.05, 0.1) is 12.8 Å². The monoisotopic (exact) mass is 488 g/mol. The third-order valence-corrected chi connectivity index (χ3v) is 4.92. The molecule has 0 spiro atoms. The van der Waals surface area contributed by atoms with Crippen molar-refractivity contribution in [2.75, 3.05) is 23.8 Å². The van der Waals surface area contributed by atoms with E-state index >= 15 is 0 Å². The average Bonchev–Trinajstić information content (AvgIpc) is 2.89. The smallest absolute Gasteiger partial charge is 0.329 e. The first-order chi connectivity index (χ1) is 17.5. The first kappa shape index (κ1) is 26.0. The van der Waals surface area contributed by atoms with Gasteiger partial charge in [-0.2, -0.15) is 5.10 Å². The Kier molecular flexibility index (Phi) is 9.58. The highest BCUT2D eigenvalue weighted by molar-refractivity contribution is 6.39. The molecular weight excluding hydrogens is 460 g/mol. The Morgan fingerprint density at radius 2 is 1.47 bits per heavy atom. The lowest BCUT2D eigenvalue weighted by molar-refractivity contribution is -0.136. The minimum Gasteiger partial charge on any atom is -0.494 e. The maximum Gasteiger partial charge on any atom is 0.329 e. The fourth-order valence-corrected chi connectivity index (χ4v) is 3.08. The fourth-order valence-electron chi connectivity index (χ4n) is 3.08. The summed E-state index contributed by atoms with van der Waals surface area (Å²) in [5.41, 5.74) is 4.95. The van der Waals surface area contributed by atoms with Gasteiger partial charge < -0.3 is 20.1 Å². The number of rotatable bonds is 10. The molecule has 3 aromatic rings. The van der Waals surface area contributed by atoms with E-state index in [4.69, 9.17) is 9.47 Å². The molecule has 0 aromatic heterocycles. The van der Waals surface area contributed by atoms with Gasteiger partial charge in [0, 0.05) is 16.9 Å². The number of hydrogen-bond donors (Lipinski definition) is 3. The molecule has 0 saturated carbocycles. The van der Waals surface area contributed by atoms with Crippen LogP contribution in [0.5, 0.6) is 11.5 Å². The first-order valence-electron chi connectivity index (χ1n) is 11.5. The summed E-state index contributed by atoms with van der Waals surface area (Å²) in [5, 5.41) is 9.09. The van der Waals surface area contributed by atoms with Gasteiger partial charge in [0.15, 0.2) is 6.61 Å². The molecule has 0 heterocycles. The molecule has 0 unspecified atom stereocenters. The van der Waals surface area contributed by atoms with E-state index < -0.39 is 11.8 Å². The van der Waals surface area contributed by atoms with E-state index in [1.807, 2.05) is 26.0 Å². The van der Waals surface area contributed by atoms with Crippen LogP contribution >= 0.6 is 0 Å². The SMILES string of the molecule is CCOc1ccc(NC(=O)COc2ccccc2/C=N\NC(=O)C(=O)Nc2ccc(CC)cc2)cc1. The molecule has 9 heteroatoms. The molecule has 0 saturated heterocycles. The number of hydrogen-bond acceptors (Lipinski definition) is 6. The molecule has 0 bridgehead atoms. The van der Waals surface area contributed by atoms with Gasteiger partial charge in [-0.3, -0.25) is 14.4 Å². The molecule has 3 N–H and O–H groups in total. The van der Waals surface area contributed by atoms with Crippen LogP contribution in [0.2, 0.25) is 0 Å². The van der Waals surface area contributed by atoms with E-state index in [1.165, 1.54) is 6.21 Å². The summed E-state index contributed by atoms with van der Waals surface area (Å²) in [4.78, 5) is 36.4. The summed E-state index contributed by atoms with van der Waals surface area (Å²) in [6.45, 7) is 4.25. The van der Waals surface area contributed by atoms with Crippen molar-refractivity contribution < 1.29 is 23.9 Å². The fraction of sp³-hybridized carbons (Fsp3) is 0.185. The molecule has 9 nitrogen and oxygen atoms in total. The number of nitrogens with zero attached hydrogens (tertiary/aromatic N) is 1. The highest BCUT2D eigenvalue weighted by Gasteiger charge is 2.13. The normalized spacial score (nSPS) is 10.5. The number of para-hydroxylation sites is 1. The zero-order valence-electron chi connectivity index (χ0n) is 20.1. The molecule has 0 aliphatic rings. The Morgan fingerprint density at radius 3 is 2.17 bits per heavy atom. The van der Waals surface area contributed by atoms with Crippen LogP contribution < -0.4 is 25.5 Å². The second kappa shape index (κ2) is 13.3. The van der Waals surface area contributed by atoms with Crippen molar-refractivity contribution >= 4 is 35.3 Å². The number of carbonyl (C=O) groups excluding carboxylic acids is 3. The molecule has 0 aliphatic heterocycles. The lowest BCUT2D eigenvalue weighted by Gasteiger charge is -2.10. The van der Waals surface area contributed by atoms with Crippen LogP contribution in [-0.2, 0) is 20.8 Å². The van der Waals surface area contributed by atoms with Gasteiger partial charge in [-0.15, -0.1) is 0 Å². The van der Waals surface area contributed by atoms with Crippen molar-refractivity contribution in [1.29, 1.82) is 0 Å². The lowest BCUT2D eigenvalue weighted by Crippen LogP contribution is -2.32. The van der Waals surface area contributed by atoms with Gasteiger partial charge in [0.2, 0.25) is 0 Å². The predicted molar refractivity (Wildman–Crippen MR) is 138 cm³/mol. The number of aryl methyl sites for hydroxylation is 1. The summed E-state index contributed by atoms with van der Waals surface area (Å²) in [5.74, 6) is -0.998. The Balaban J connectivity index is 1.50. The third kappa shape index (κ3) is 7.98. The van der Waals surface area contributed by atoms with E-state index in [1.54, 1.807) is 60.7 Å². The van der Waals surface area contributed by atoms with Crippen molar-refractivity contribution in [1.82, 2.24) is 5.43 Å². The molecule has 186 valence electrons. The molecule has 0 atom stereocenters. The molecule has 3 aromatic carbocycles. The van der Waals surface area contributed by atoms with Crippen molar-refractivity contribution in [3.63, 3.8) is 0 Å². The number of ether oxygens (including phenoxy) is 2. The van der Waals surface area contributed by atoms with Crippen LogP contribution in [0.3, 0.4) is 0 Å². The Bertz CT molecular complexity index is 1210. The van der Waals surface area contributed by atoms with Gasteiger partial charge in [-0.05, 0) is 67.4 Å². The number of anilines is 2. The molecule has 0 radical (unpaired) electrons. The Labute approximate surface area is 209 Å². The van der Waals surface area contributed by atoms with Gasteiger partial charge in [-0.1, -0.05) is 31.2 Å². The van der Waals surface area contributed by atoms with Crippen molar-refractivity contribution in [3.8, 4) is 11.5 Å². The highest BCUT2D eigenvalue weighted by Crippen LogP contribution is 2.17. The topological polar surface area (TPSA) is 118 Å².